The SMILES string of the molecule is Clc1c(Cl)c(C(c2c(Cl)c(Cl)c(I)c(Cl)c2Cl)c2c(Cl)c(Cl)c(I)c(Cl)c2Cl)c(Cl)c(Cl)c1I. The molecule has 0 saturated carbocycles. The van der Waals surface area contributed by atoms with Crippen molar-refractivity contribution < 1.29 is 0 Å². The van der Waals surface area contributed by atoms with Crippen LogP contribution in [0.4, 0.5) is 0 Å². The molecule has 0 atom stereocenters. The molecule has 0 radical (unpaired) electrons. The van der Waals surface area contributed by atoms with E-state index in [-0.39, 0.29) is 77.0 Å². The van der Waals surface area contributed by atoms with Gasteiger partial charge >= 0.3 is 0 Å². The lowest BCUT2D eigenvalue weighted by molar-refractivity contribution is 0.976. The van der Waals surface area contributed by atoms with Crippen molar-refractivity contribution in [3.63, 3.8) is 0 Å². The van der Waals surface area contributed by atoms with Crippen LogP contribution < -0.4 is 0 Å². The largest absolute Gasteiger partial charge is 0.0823 e. The van der Waals surface area contributed by atoms with Crippen molar-refractivity contribution >= 4 is 207 Å². The topological polar surface area (TPSA) is 0 Å². The van der Waals surface area contributed by atoms with Gasteiger partial charge in [-0.1, -0.05) is 139 Å². The Morgan fingerprint density at radius 2 is 0.441 bits per heavy atom. The van der Waals surface area contributed by atoms with Gasteiger partial charge in [-0.05, 0) is 67.8 Å². The van der Waals surface area contributed by atoms with Gasteiger partial charge in [-0.3, -0.25) is 0 Å². The number of hydrogen-bond acceptors (Lipinski definition) is 0. The van der Waals surface area contributed by atoms with Crippen LogP contribution in [0.5, 0.6) is 0 Å². The van der Waals surface area contributed by atoms with Crippen molar-refractivity contribution in [2.24, 2.45) is 0 Å². The molecule has 0 bridgehead atoms. The highest BCUT2D eigenvalue weighted by molar-refractivity contribution is 14.1. The molecule has 34 heavy (non-hydrogen) atoms. The van der Waals surface area contributed by atoms with Crippen molar-refractivity contribution in [1.82, 2.24) is 0 Å². The van der Waals surface area contributed by atoms with Crippen LogP contribution in [0.15, 0.2) is 0 Å². The van der Waals surface area contributed by atoms with Crippen LogP contribution in [-0.4, -0.2) is 0 Å². The molecular weight excluding hydrogens is 1030 g/mol. The molecule has 0 amide bonds. The van der Waals surface area contributed by atoms with Gasteiger partial charge in [0.25, 0.3) is 0 Å². The quantitative estimate of drug-likeness (QED) is 0.106. The molecule has 0 aliphatic heterocycles. The first-order chi connectivity index (χ1) is 15.7. The van der Waals surface area contributed by atoms with Gasteiger partial charge in [0, 0.05) is 22.6 Å². The summed E-state index contributed by atoms with van der Waals surface area (Å²) < 4.78 is 1.31. The average Bonchev–Trinajstić information content (AvgIpc) is 2.81. The van der Waals surface area contributed by atoms with Gasteiger partial charge in [0.2, 0.25) is 0 Å². The minimum atomic E-state index is -1.08. The van der Waals surface area contributed by atoms with E-state index in [9.17, 15) is 0 Å². The van der Waals surface area contributed by atoms with Gasteiger partial charge in [0.05, 0.1) is 71.0 Å². The molecular formula is C19HCl12I3. The molecule has 15 heteroatoms. The summed E-state index contributed by atoms with van der Waals surface area (Å²) >= 11 is 85.0. The molecule has 3 aromatic carbocycles. The summed E-state index contributed by atoms with van der Waals surface area (Å²) in [5, 5.41) is 1.18. The van der Waals surface area contributed by atoms with E-state index >= 15 is 0 Å². The average molecular weight is 1040 g/mol. The van der Waals surface area contributed by atoms with E-state index in [4.69, 9.17) is 139 Å². The molecule has 0 heterocycles. The van der Waals surface area contributed by atoms with E-state index in [0.717, 1.165) is 0 Å². The van der Waals surface area contributed by atoms with Crippen LogP contribution in [-0.2, 0) is 0 Å². The Labute approximate surface area is 295 Å². The molecule has 0 aliphatic carbocycles. The summed E-state index contributed by atoms with van der Waals surface area (Å²) in [6.07, 6.45) is 0. The number of hydrogen-bond donors (Lipinski definition) is 0. The van der Waals surface area contributed by atoms with Crippen LogP contribution in [0.1, 0.15) is 22.6 Å². The normalized spacial score (nSPS) is 11.6. The Morgan fingerprint density at radius 3 is 0.588 bits per heavy atom. The smallest absolute Gasteiger partial charge is 0.0745 e. The zero-order chi connectivity index (χ0) is 26.0. The lowest BCUT2D eigenvalue weighted by atomic mass is 9.84. The molecule has 3 rings (SSSR count). The first-order valence-corrected chi connectivity index (χ1v) is 16.0. The van der Waals surface area contributed by atoms with E-state index in [0.29, 0.717) is 10.7 Å². The minimum absolute atomic E-state index is 0.0568. The number of rotatable bonds is 3. The Bertz CT molecular complexity index is 1120. The zero-order valence-corrected chi connectivity index (χ0v) is 30.8. The van der Waals surface area contributed by atoms with Crippen LogP contribution in [0.3, 0.4) is 0 Å². The molecule has 0 saturated heterocycles. The maximum atomic E-state index is 6.71. The van der Waals surface area contributed by atoms with Crippen molar-refractivity contribution in [3.8, 4) is 0 Å². The fourth-order valence-electron chi connectivity index (χ4n) is 3.06. The highest BCUT2D eigenvalue weighted by Crippen LogP contribution is 2.57. The van der Waals surface area contributed by atoms with E-state index in [1.54, 1.807) is 0 Å². The Kier molecular flexibility index (Phi) is 11.7. The summed E-state index contributed by atoms with van der Waals surface area (Å²) in [5.74, 6) is -1.08. The van der Waals surface area contributed by atoms with Crippen molar-refractivity contribution in [3.05, 3.63) is 87.7 Å². The zero-order valence-electron chi connectivity index (χ0n) is 15.2. The Hall–Kier alpha value is 3.33. The van der Waals surface area contributed by atoms with Crippen molar-refractivity contribution in [1.29, 1.82) is 0 Å². The standard InChI is InChI=1S/C19HCl12I3/c20-5-2(6(21)12(27)17(32)11(5)26)1(3-7(22)13(28)18(33)14(29)8(3)23)4-9(24)15(30)19(34)16(31)10(4)25/h1H. The third-order valence-electron chi connectivity index (χ3n) is 4.60. The second-order valence-corrected chi connectivity index (χ2v) is 14.2. The summed E-state index contributed by atoms with van der Waals surface area (Å²) in [6.45, 7) is 0. The molecule has 0 aromatic heterocycles. The van der Waals surface area contributed by atoms with Gasteiger partial charge in [0.15, 0.2) is 0 Å². The van der Waals surface area contributed by atoms with Crippen LogP contribution in [0.25, 0.3) is 0 Å². The Balaban J connectivity index is 2.68. The van der Waals surface area contributed by atoms with Crippen molar-refractivity contribution in [2.45, 2.75) is 5.92 Å². The predicted molar refractivity (Wildman–Crippen MR) is 179 cm³/mol. The maximum Gasteiger partial charge on any atom is 0.0745 e. The van der Waals surface area contributed by atoms with E-state index in [1.807, 2.05) is 67.8 Å². The van der Waals surface area contributed by atoms with Gasteiger partial charge < -0.3 is 0 Å². The monoisotopic (exact) mass is 1030 g/mol. The first-order valence-electron chi connectivity index (χ1n) is 8.20. The molecule has 0 unspecified atom stereocenters. The van der Waals surface area contributed by atoms with Gasteiger partial charge in [-0.2, -0.15) is 0 Å². The molecule has 0 fully saturated rings. The fourth-order valence-corrected chi connectivity index (χ4v) is 8.89. The van der Waals surface area contributed by atoms with Crippen LogP contribution in [0, 0.1) is 10.7 Å². The molecule has 0 spiro atoms. The summed E-state index contributed by atoms with van der Waals surface area (Å²) in [4.78, 5) is 0. The second-order valence-electron chi connectivity index (χ2n) is 6.38. The van der Waals surface area contributed by atoms with Gasteiger partial charge in [-0.25, -0.2) is 0 Å². The molecule has 0 N–H and O–H groups in total. The lowest BCUT2D eigenvalue weighted by Crippen LogP contribution is -2.11. The van der Waals surface area contributed by atoms with Crippen LogP contribution >= 0.6 is 207 Å². The summed E-state index contributed by atoms with van der Waals surface area (Å²) in [7, 11) is 0. The first kappa shape index (κ1) is 31.9. The molecule has 0 aliphatic rings. The Morgan fingerprint density at radius 1 is 0.294 bits per heavy atom. The van der Waals surface area contributed by atoms with Crippen molar-refractivity contribution in [2.75, 3.05) is 0 Å². The molecule has 0 nitrogen and oxygen atoms in total. The highest BCUT2D eigenvalue weighted by atomic mass is 127. The third-order valence-corrected chi connectivity index (χ3v) is 15.0. The maximum absolute atomic E-state index is 6.71. The number of halogens is 15. The minimum Gasteiger partial charge on any atom is -0.0823 e. The predicted octanol–water partition coefficient (Wildman–Crippen LogP) is 14.5. The van der Waals surface area contributed by atoms with Gasteiger partial charge in [0.1, 0.15) is 0 Å². The van der Waals surface area contributed by atoms with Crippen LogP contribution in [0.2, 0.25) is 60.3 Å². The highest BCUT2D eigenvalue weighted by Gasteiger charge is 2.37. The number of benzene rings is 3. The molecule has 182 valence electrons. The van der Waals surface area contributed by atoms with E-state index in [1.165, 1.54) is 0 Å². The van der Waals surface area contributed by atoms with E-state index < -0.39 is 5.92 Å². The molecule has 3 aromatic rings. The second kappa shape index (κ2) is 12.5. The lowest BCUT2D eigenvalue weighted by Gasteiger charge is -2.28. The third kappa shape index (κ3) is 5.46. The summed E-state index contributed by atoms with van der Waals surface area (Å²) in [5.41, 5.74) is 0.606. The van der Waals surface area contributed by atoms with E-state index in [2.05, 4.69) is 0 Å². The van der Waals surface area contributed by atoms with Gasteiger partial charge in [-0.15, -0.1) is 0 Å². The fraction of sp³-hybridized carbons (Fsp3) is 0.0526. The summed E-state index contributed by atoms with van der Waals surface area (Å²) in [6, 6.07) is 0.